The van der Waals surface area contributed by atoms with Crippen LogP contribution >= 0.6 is 11.3 Å². The lowest BCUT2D eigenvalue weighted by Crippen LogP contribution is -2.35. The normalized spacial score (nSPS) is 17.0. The molecule has 23 heavy (non-hydrogen) atoms. The van der Waals surface area contributed by atoms with Gasteiger partial charge in [-0.2, -0.15) is 5.10 Å². The van der Waals surface area contributed by atoms with Gasteiger partial charge in [0.05, 0.1) is 11.7 Å². The smallest absolute Gasteiger partial charge is 0.235 e. The van der Waals surface area contributed by atoms with Gasteiger partial charge in [-0.1, -0.05) is 0 Å². The van der Waals surface area contributed by atoms with E-state index in [4.69, 9.17) is 4.74 Å². The summed E-state index contributed by atoms with van der Waals surface area (Å²) in [6, 6.07) is 2.08. The van der Waals surface area contributed by atoms with Gasteiger partial charge in [0.2, 0.25) is 5.88 Å². The Kier molecular flexibility index (Phi) is 3.74. The summed E-state index contributed by atoms with van der Waals surface area (Å²) in [5.74, 6) is 0.713. The quantitative estimate of drug-likeness (QED) is 0.739. The monoisotopic (exact) mass is 329 g/mol. The van der Waals surface area contributed by atoms with Gasteiger partial charge in [-0.15, -0.1) is 11.3 Å². The molecule has 3 aromatic heterocycles. The minimum absolute atomic E-state index is 0.244. The number of ether oxygens (including phenoxy) is 1. The van der Waals surface area contributed by atoms with Crippen molar-refractivity contribution in [3.8, 4) is 16.3 Å². The summed E-state index contributed by atoms with van der Waals surface area (Å²) in [7, 11) is 4.07. The number of likely N-dealkylation sites (tertiary alicyclic amines) is 1. The fourth-order valence-corrected chi connectivity index (χ4v) is 3.89. The molecule has 0 atom stereocenters. The first kappa shape index (κ1) is 14.6. The molecule has 0 bridgehead atoms. The Labute approximate surface area is 138 Å². The highest BCUT2D eigenvalue weighted by atomic mass is 32.1. The summed E-state index contributed by atoms with van der Waals surface area (Å²) in [4.78, 5) is 12.2. The molecule has 0 spiro atoms. The number of rotatable bonds is 3. The predicted octanol–water partition coefficient (Wildman–Crippen LogP) is 2.56. The Hall–Kier alpha value is -1.99. The Bertz CT molecular complexity index is 819. The first-order valence-electron chi connectivity index (χ1n) is 7.78. The lowest BCUT2D eigenvalue weighted by molar-refractivity contribution is 0.111. The van der Waals surface area contributed by atoms with Crippen molar-refractivity contribution < 1.29 is 4.74 Å². The molecule has 4 rings (SSSR count). The standard InChI is InChI=1S/C16H19N5OS/c1-20-5-3-12(4-6-20)22-16-15-13(17-10-18-16)7-14(23-15)11-8-19-21(2)9-11/h7-10,12H,3-6H2,1-2H3. The van der Waals surface area contributed by atoms with Gasteiger partial charge in [-0.25, -0.2) is 9.97 Å². The molecule has 1 saturated heterocycles. The molecule has 7 heteroatoms. The molecule has 1 aliphatic heterocycles. The van der Waals surface area contributed by atoms with Gasteiger partial charge in [-0.3, -0.25) is 4.68 Å². The molecule has 3 aromatic rings. The van der Waals surface area contributed by atoms with E-state index in [0.29, 0.717) is 5.88 Å². The van der Waals surface area contributed by atoms with Crippen molar-refractivity contribution in [1.29, 1.82) is 0 Å². The van der Waals surface area contributed by atoms with E-state index in [0.717, 1.165) is 46.6 Å². The zero-order chi connectivity index (χ0) is 15.8. The van der Waals surface area contributed by atoms with E-state index in [2.05, 4.69) is 33.1 Å². The van der Waals surface area contributed by atoms with Crippen LogP contribution in [0.2, 0.25) is 0 Å². The molecule has 6 nitrogen and oxygen atoms in total. The predicted molar refractivity (Wildman–Crippen MR) is 90.8 cm³/mol. The number of piperidine rings is 1. The number of hydrogen-bond acceptors (Lipinski definition) is 6. The van der Waals surface area contributed by atoms with Crippen LogP contribution in [-0.2, 0) is 7.05 Å². The van der Waals surface area contributed by atoms with Crippen LogP contribution in [0.4, 0.5) is 0 Å². The fourth-order valence-electron chi connectivity index (χ4n) is 2.87. The number of nitrogens with zero attached hydrogens (tertiary/aromatic N) is 5. The van der Waals surface area contributed by atoms with Gasteiger partial charge in [0.1, 0.15) is 17.1 Å². The lowest BCUT2D eigenvalue weighted by atomic mass is 10.1. The summed E-state index contributed by atoms with van der Waals surface area (Å²) in [6.07, 6.45) is 7.80. The third-order valence-corrected chi connectivity index (χ3v) is 5.37. The van der Waals surface area contributed by atoms with E-state index < -0.39 is 0 Å². The van der Waals surface area contributed by atoms with Gasteiger partial charge >= 0.3 is 0 Å². The maximum Gasteiger partial charge on any atom is 0.235 e. The molecule has 0 aliphatic carbocycles. The highest BCUT2D eigenvalue weighted by molar-refractivity contribution is 7.22. The Morgan fingerprint density at radius 3 is 2.78 bits per heavy atom. The second kappa shape index (κ2) is 5.90. The van der Waals surface area contributed by atoms with E-state index in [9.17, 15) is 0 Å². The van der Waals surface area contributed by atoms with Crippen LogP contribution in [-0.4, -0.2) is 50.9 Å². The van der Waals surface area contributed by atoms with Crippen molar-refractivity contribution in [3.63, 3.8) is 0 Å². The van der Waals surface area contributed by atoms with Crippen LogP contribution in [0.3, 0.4) is 0 Å². The molecule has 1 aliphatic rings. The van der Waals surface area contributed by atoms with Crippen LogP contribution in [0.1, 0.15) is 12.8 Å². The summed E-state index contributed by atoms with van der Waals surface area (Å²) < 4.78 is 9.01. The van der Waals surface area contributed by atoms with Gasteiger partial charge in [0.25, 0.3) is 0 Å². The number of hydrogen-bond donors (Lipinski definition) is 0. The molecule has 120 valence electrons. The molecule has 0 amide bonds. The molecule has 1 fully saturated rings. The summed E-state index contributed by atoms with van der Waals surface area (Å²) in [5.41, 5.74) is 2.03. The maximum atomic E-state index is 6.18. The largest absolute Gasteiger partial charge is 0.473 e. The molecule has 0 saturated carbocycles. The Morgan fingerprint density at radius 2 is 2.04 bits per heavy atom. The van der Waals surface area contributed by atoms with Crippen molar-refractivity contribution in [1.82, 2.24) is 24.6 Å². The first-order chi connectivity index (χ1) is 11.2. The van der Waals surface area contributed by atoms with Crippen LogP contribution in [0, 0.1) is 0 Å². The topological polar surface area (TPSA) is 56.1 Å². The van der Waals surface area contributed by atoms with E-state index in [1.54, 1.807) is 22.3 Å². The van der Waals surface area contributed by atoms with Crippen molar-refractivity contribution in [2.24, 2.45) is 7.05 Å². The first-order valence-corrected chi connectivity index (χ1v) is 8.59. The number of aryl methyl sites for hydroxylation is 1. The average molecular weight is 329 g/mol. The van der Waals surface area contributed by atoms with Crippen molar-refractivity contribution in [3.05, 3.63) is 24.8 Å². The zero-order valence-corrected chi connectivity index (χ0v) is 14.1. The zero-order valence-electron chi connectivity index (χ0n) is 13.3. The van der Waals surface area contributed by atoms with Crippen molar-refractivity contribution in [2.75, 3.05) is 20.1 Å². The summed E-state index contributed by atoms with van der Waals surface area (Å²) in [6.45, 7) is 2.15. The van der Waals surface area contributed by atoms with Crippen molar-refractivity contribution in [2.45, 2.75) is 18.9 Å². The van der Waals surface area contributed by atoms with E-state index in [-0.39, 0.29) is 6.10 Å². The molecular formula is C16H19N5OS. The number of fused-ring (bicyclic) bond motifs is 1. The minimum Gasteiger partial charge on any atom is -0.473 e. The fraction of sp³-hybridized carbons (Fsp3) is 0.438. The summed E-state index contributed by atoms with van der Waals surface area (Å²) in [5, 5.41) is 4.24. The SMILES string of the molecule is CN1CCC(Oc2ncnc3cc(-c4cnn(C)c4)sc23)CC1. The number of aromatic nitrogens is 4. The summed E-state index contributed by atoms with van der Waals surface area (Å²) >= 11 is 1.67. The van der Waals surface area contributed by atoms with E-state index >= 15 is 0 Å². The van der Waals surface area contributed by atoms with Gasteiger partial charge < -0.3 is 9.64 Å². The second-order valence-electron chi connectivity index (χ2n) is 6.03. The molecule has 0 unspecified atom stereocenters. The van der Waals surface area contributed by atoms with E-state index in [1.165, 1.54) is 0 Å². The van der Waals surface area contributed by atoms with Gasteiger partial charge in [0, 0.05) is 36.8 Å². The van der Waals surface area contributed by atoms with Gasteiger partial charge in [-0.05, 0) is 26.0 Å². The van der Waals surface area contributed by atoms with Crippen LogP contribution in [0.15, 0.2) is 24.8 Å². The van der Waals surface area contributed by atoms with E-state index in [1.807, 2.05) is 19.4 Å². The molecule has 0 radical (unpaired) electrons. The maximum absolute atomic E-state index is 6.18. The van der Waals surface area contributed by atoms with Gasteiger partial charge in [0.15, 0.2) is 0 Å². The van der Waals surface area contributed by atoms with Crippen LogP contribution < -0.4 is 4.74 Å². The molecule has 0 N–H and O–H groups in total. The Balaban J connectivity index is 1.63. The highest BCUT2D eigenvalue weighted by Gasteiger charge is 2.20. The third kappa shape index (κ3) is 2.94. The second-order valence-corrected chi connectivity index (χ2v) is 7.08. The van der Waals surface area contributed by atoms with Crippen LogP contribution in [0.5, 0.6) is 5.88 Å². The molecular weight excluding hydrogens is 310 g/mol. The van der Waals surface area contributed by atoms with Crippen LogP contribution in [0.25, 0.3) is 20.7 Å². The highest BCUT2D eigenvalue weighted by Crippen LogP contribution is 2.37. The Morgan fingerprint density at radius 1 is 1.22 bits per heavy atom. The molecule has 0 aromatic carbocycles. The minimum atomic E-state index is 0.244. The average Bonchev–Trinajstić information content (AvgIpc) is 3.16. The van der Waals surface area contributed by atoms with Crippen molar-refractivity contribution >= 4 is 21.6 Å². The molecule has 4 heterocycles. The third-order valence-electron chi connectivity index (χ3n) is 4.21. The lowest BCUT2D eigenvalue weighted by Gasteiger charge is -2.28. The number of thiophene rings is 1.